The smallest absolute Gasteiger partial charge is 0.416 e. The Morgan fingerprint density at radius 2 is 1.24 bits per heavy atom. The van der Waals surface area contributed by atoms with Crippen molar-refractivity contribution in [3.8, 4) is 0 Å². The van der Waals surface area contributed by atoms with Crippen molar-refractivity contribution in [2.45, 2.75) is 56.8 Å². The molecule has 0 saturated carbocycles. The van der Waals surface area contributed by atoms with Crippen LogP contribution in [0.5, 0.6) is 0 Å². The molecule has 3 N–H and O–H groups in total. The van der Waals surface area contributed by atoms with Crippen LogP contribution in [0, 0.1) is 5.41 Å². The van der Waals surface area contributed by atoms with Crippen molar-refractivity contribution in [3.05, 3.63) is 70.8 Å². The minimum Gasteiger partial charge on any atom is -0.481 e. The third-order valence-electron chi connectivity index (χ3n) is 5.50. The molecule has 0 radical (unpaired) electrons. The van der Waals surface area contributed by atoms with Crippen molar-refractivity contribution in [2.24, 2.45) is 5.73 Å². The summed E-state index contributed by atoms with van der Waals surface area (Å²) in [4.78, 5) is 11.3. The molecule has 0 spiro atoms. The zero-order valence-electron chi connectivity index (χ0n) is 20.6. The second kappa shape index (κ2) is 15.8. The number of halogens is 8. The quantitative estimate of drug-likeness (QED) is 0.121. The van der Waals surface area contributed by atoms with Crippen LogP contribution >= 0.6 is 23.2 Å². The van der Waals surface area contributed by atoms with Crippen LogP contribution in [0.15, 0.2) is 48.5 Å². The van der Waals surface area contributed by atoms with E-state index in [-0.39, 0.29) is 35.9 Å². The fraction of sp³-hybridized carbons (Fsp3) is 0.462. The van der Waals surface area contributed by atoms with Crippen LogP contribution in [0.3, 0.4) is 0 Å². The Morgan fingerprint density at radius 3 is 1.61 bits per heavy atom. The molecule has 1 amide bonds. The first kappa shape index (κ1) is 33.6. The highest BCUT2D eigenvalue weighted by Gasteiger charge is 2.37. The molecule has 2 aromatic rings. The maximum atomic E-state index is 13.0. The number of alkyl halides is 8. The second-order valence-electron chi connectivity index (χ2n) is 8.14. The lowest BCUT2D eigenvalue weighted by atomic mass is 9.90. The summed E-state index contributed by atoms with van der Waals surface area (Å²) in [6.45, 7) is 1.95. The van der Waals surface area contributed by atoms with Crippen molar-refractivity contribution < 1.29 is 35.9 Å². The van der Waals surface area contributed by atoms with E-state index in [1.807, 2.05) is 0 Å². The van der Waals surface area contributed by atoms with Crippen LogP contribution < -0.4 is 5.73 Å². The zero-order valence-corrected chi connectivity index (χ0v) is 22.2. The summed E-state index contributed by atoms with van der Waals surface area (Å²) in [5.74, 6) is -1.97. The van der Waals surface area contributed by atoms with Gasteiger partial charge in [0.1, 0.15) is 0 Å². The Balaban J connectivity index is 0.000000382. The van der Waals surface area contributed by atoms with Gasteiger partial charge in [-0.15, -0.1) is 23.2 Å². The summed E-state index contributed by atoms with van der Waals surface area (Å²) in [5.41, 5.74) is 3.63. The van der Waals surface area contributed by atoms with Crippen LogP contribution in [0.2, 0.25) is 0 Å². The predicted octanol–water partition coefficient (Wildman–Crippen LogP) is 8.12. The third-order valence-corrected chi connectivity index (χ3v) is 6.03. The van der Waals surface area contributed by atoms with Gasteiger partial charge in [0, 0.05) is 11.8 Å². The lowest BCUT2D eigenvalue weighted by molar-refractivity contribution is -0.139. The number of nitrogens with two attached hydrogens (primary N) is 1. The van der Waals surface area contributed by atoms with E-state index in [1.165, 1.54) is 36.4 Å². The first-order chi connectivity index (χ1) is 17.8. The zero-order chi connectivity index (χ0) is 28.9. The maximum absolute atomic E-state index is 13.0. The standard InChI is InChI=1S/C14H17ClF3NO.C12H13ClF3NO/c1-2-20-13(19)11(7-5-9-15)10-6-3-4-8-12(10)14(16,17)18;13-7-3-5-9(11(17)18)8-4-1-2-6-10(8)12(14,15)16/h3-4,6,8,11,19H,2,5,7,9H2,1H3;1-2,4,6,9H,3,5,7H2,(H2,17,18). The number of rotatable bonds is 11. The van der Waals surface area contributed by atoms with Crippen molar-refractivity contribution >= 4 is 35.0 Å². The number of nitrogens with one attached hydrogen (secondary N) is 1. The topological polar surface area (TPSA) is 76.2 Å². The Hall–Kier alpha value is -2.46. The first-order valence-corrected chi connectivity index (χ1v) is 12.8. The lowest BCUT2D eigenvalue weighted by Crippen LogP contribution is -2.24. The Bertz CT molecular complexity index is 1030. The molecule has 212 valence electrons. The molecule has 38 heavy (non-hydrogen) atoms. The van der Waals surface area contributed by atoms with E-state index in [1.54, 1.807) is 6.92 Å². The minimum atomic E-state index is -4.49. The fourth-order valence-corrected chi connectivity index (χ4v) is 4.12. The van der Waals surface area contributed by atoms with E-state index >= 15 is 0 Å². The second-order valence-corrected chi connectivity index (χ2v) is 8.89. The van der Waals surface area contributed by atoms with E-state index < -0.39 is 41.2 Å². The van der Waals surface area contributed by atoms with Crippen molar-refractivity contribution in [3.63, 3.8) is 0 Å². The van der Waals surface area contributed by atoms with Gasteiger partial charge in [0.05, 0.1) is 29.6 Å². The normalized spacial score (nSPS) is 13.2. The number of carbonyl (C=O) groups is 1. The largest absolute Gasteiger partial charge is 0.481 e. The van der Waals surface area contributed by atoms with Crippen LogP contribution in [0.1, 0.15) is 66.7 Å². The van der Waals surface area contributed by atoms with Crippen LogP contribution in [0.25, 0.3) is 0 Å². The highest BCUT2D eigenvalue weighted by molar-refractivity contribution is 6.18. The van der Waals surface area contributed by atoms with E-state index in [4.69, 9.17) is 39.1 Å². The van der Waals surface area contributed by atoms with Gasteiger partial charge in [-0.2, -0.15) is 26.3 Å². The number of ether oxygens (including phenoxy) is 1. The van der Waals surface area contributed by atoms with Crippen molar-refractivity contribution in [1.29, 1.82) is 5.41 Å². The monoisotopic (exact) mass is 586 g/mol. The van der Waals surface area contributed by atoms with Gasteiger partial charge in [0.15, 0.2) is 5.90 Å². The van der Waals surface area contributed by atoms with E-state index in [9.17, 15) is 31.1 Å². The van der Waals surface area contributed by atoms with Gasteiger partial charge < -0.3 is 10.5 Å². The SMILES string of the molecule is CCOC(=N)C(CCCCl)c1ccccc1C(F)(F)F.NC(=O)C(CCCCl)c1ccccc1C(F)(F)F. The summed E-state index contributed by atoms with van der Waals surface area (Å²) < 4.78 is 82.7. The van der Waals surface area contributed by atoms with Gasteiger partial charge >= 0.3 is 12.4 Å². The van der Waals surface area contributed by atoms with Gasteiger partial charge in [-0.3, -0.25) is 10.2 Å². The van der Waals surface area contributed by atoms with Crippen LogP contribution in [-0.4, -0.2) is 30.2 Å². The molecule has 0 saturated heterocycles. The molecule has 2 unspecified atom stereocenters. The molecule has 2 atom stereocenters. The summed E-state index contributed by atoms with van der Waals surface area (Å²) in [6, 6.07) is 10.3. The van der Waals surface area contributed by atoms with E-state index in [0.717, 1.165) is 12.1 Å². The summed E-state index contributed by atoms with van der Waals surface area (Å²) >= 11 is 11.1. The molecule has 4 nitrogen and oxygen atoms in total. The number of hydrogen-bond acceptors (Lipinski definition) is 3. The van der Waals surface area contributed by atoms with Gasteiger partial charge in [-0.25, -0.2) is 0 Å². The maximum Gasteiger partial charge on any atom is 0.416 e. The number of hydrogen-bond donors (Lipinski definition) is 2. The Labute approximate surface area is 228 Å². The fourth-order valence-electron chi connectivity index (χ4n) is 3.82. The van der Waals surface area contributed by atoms with E-state index in [0.29, 0.717) is 25.1 Å². The van der Waals surface area contributed by atoms with E-state index in [2.05, 4.69) is 0 Å². The lowest BCUT2D eigenvalue weighted by Gasteiger charge is -2.22. The Kier molecular flexibility index (Phi) is 14.0. The molecule has 0 aliphatic carbocycles. The number of benzene rings is 2. The van der Waals surface area contributed by atoms with Crippen molar-refractivity contribution in [1.82, 2.24) is 0 Å². The molecule has 0 bridgehead atoms. The summed E-state index contributed by atoms with van der Waals surface area (Å²) in [7, 11) is 0. The predicted molar refractivity (Wildman–Crippen MR) is 137 cm³/mol. The van der Waals surface area contributed by atoms with Gasteiger partial charge in [0.25, 0.3) is 0 Å². The number of amides is 1. The average molecular weight is 587 g/mol. The Morgan fingerprint density at radius 1 is 0.842 bits per heavy atom. The molecule has 0 aromatic heterocycles. The highest BCUT2D eigenvalue weighted by atomic mass is 35.5. The summed E-state index contributed by atoms with van der Waals surface area (Å²) in [5, 5.41) is 7.83. The molecule has 0 aliphatic rings. The van der Waals surface area contributed by atoms with Crippen LogP contribution in [-0.2, 0) is 21.9 Å². The minimum absolute atomic E-state index is 0.0727. The van der Waals surface area contributed by atoms with Gasteiger partial charge in [0.2, 0.25) is 5.91 Å². The number of primary amides is 1. The van der Waals surface area contributed by atoms with Gasteiger partial charge in [-0.1, -0.05) is 36.4 Å². The molecule has 12 heteroatoms. The highest BCUT2D eigenvalue weighted by Crippen LogP contribution is 2.38. The van der Waals surface area contributed by atoms with Crippen LogP contribution in [0.4, 0.5) is 26.3 Å². The number of carbonyl (C=O) groups excluding carboxylic acids is 1. The summed E-state index contributed by atoms with van der Waals surface area (Å²) in [6.07, 6.45) is -7.41. The van der Waals surface area contributed by atoms with Crippen molar-refractivity contribution in [2.75, 3.05) is 18.4 Å². The van der Waals surface area contributed by atoms with Gasteiger partial charge in [-0.05, 0) is 55.9 Å². The molecular weight excluding hydrogens is 557 g/mol. The average Bonchev–Trinajstić information content (AvgIpc) is 2.84. The molecule has 2 aromatic carbocycles. The molecule has 0 heterocycles. The molecule has 0 aliphatic heterocycles. The first-order valence-electron chi connectivity index (χ1n) is 11.7. The third kappa shape index (κ3) is 10.4. The molecule has 2 rings (SSSR count). The molecular formula is C26H30Cl2F6N2O2. The molecule has 0 fully saturated rings.